The Kier molecular flexibility index (Phi) is 3.71. The summed E-state index contributed by atoms with van der Waals surface area (Å²) in [6.07, 6.45) is 7.53. The molecule has 1 aromatic rings. The molecular formula is C16H27N5. The van der Waals surface area contributed by atoms with Gasteiger partial charge in [-0.3, -0.25) is 4.90 Å². The third-order valence-electron chi connectivity index (χ3n) is 5.60. The zero-order valence-electron chi connectivity index (χ0n) is 13.1. The number of fused-ring (bicyclic) bond motifs is 1. The fourth-order valence-electron chi connectivity index (χ4n) is 4.40. The minimum atomic E-state index is 0.516. The van der Waals surface area contributed by atoms with Gasteiger partial charge < -0.3 is 9.88 Å². The average Bonchev–Trinajstić information content (AvgIpc) is 3.13. The first-order chi connectivity index (χ1) is 10.3. The largest absolute Gasteiger partial charge is 0.317 e. The van der Waals surface area contributed by atoms with Crippen LogP contribution in [-0.2, 0) is 13.0 Å². The molecule has 21 heavy (non-hydrogen) atoms. The first kappa shape index (κ1) is 13.7. The zero-order chi connectivity index (χ0) is 14.2. The van der Waals surface area contributed by atoms with Crippen LogP contribution in [0.25, 0.3) is 0 Å². The number of likely N-dealkylation sites (tertiary alicyclic amines) is 1. The molecule has 5 nitrogen and oxygen atoms in total. The van der Waals surface area contributed by atoms with E-state index in [1.807, 2.05) is 0 Å². The monoisotopic (exact) mass is 289 g/mol. The molecule has 2 unspecified atom stereocenters. The number of nitrogens with one attached hydrogen (secondary N) is 1. The van der Waals surface area contributed by atoms with Gasteiger partial charge in [0.05, 0.1) is 6.04 Å². The molecule has 2 fully saturated rings. The van der Waals surface area contributed by atoms with Crippen molar-refractivity contribution in [1.29, 1.82) is 0 Å². The number of aromatic nitrogens is 3. The summed E-state index contributed by atoms with van der Waals surface area (Å²) in [6, 6.07) is 1.26. The third-order valence-corrected chi connectivity index (χ3v) is 5.60. The van der Waals surface area contributed by atoms with Crippen LogP contribution in [0.2, 0.25) is 0 Å². The molecule has 0 aromatic carbocycles. The van der Waals surface area contributed by atoms with Crippen LogP contribution in [0.3, 0.4) is 0 Å². The highest BCUT2D eigenvalue weighted by Gasteiger charge is 2.36. The maximum absolute atomic E-state index is 4.62. The molecule has 4 heterocycles. The van der Waals surface area contributed by atoms with Gasteiger partial charge in [0.2, 0.25) is 0 Å². The van der Waals surface area contributed by atoms with Crippen molar-refractivity contribution in [1.82, 2.24) is 25.0 Å². The third kappa shape index (κ3) is 2.50. The lowest BCUT2D eigenvalue weighted by atomic mass is 9.99. The van der Waals surface area contributed by atoms with Crippen LogP contribution in [-0.4, -0.2) is 45.3 Å². The predicted molar refractivity (Wildman–Crippen MR) is 82.1 cm³/mol. The van der Waals surface area contributed by atoms with E-state index in [9.17, 15) is 0 Å². The number of rotatable bonds is 2. The summed E-state index contributed by atoms with van der Waals surface area (Å²) in [5.41, 5.74) is 0. The number of hydrogen-bond acceptors (Lipinski definition) is 4. The van der Waals surface area contributed by atoms with E-state index in [1.54, 1.807) is 0 Å². The van der Waals surface area contributed by atoms with Crippen molar-refractivity contribution in [2.24, 2.45) is 5.92 Å². The first-order valence-electron chi connectivity index (χ1n) is 8.71. The van der Waals surface area contributed by atoms with E-state index in [4.69, 9.17) is 0 Å². The molecule has 2 saturated heterocycles. The average molecular weight is 289 g/mol. The van der Waals surface area contributed by atoms with Gasteiger partial charge >= 0.3 is 0 Å². The van der Waals surface area contributed by atoms with Crippen LogP contribution in [0, 0.1) is 5.92 Å². The standard InChI is InChI=1S/C16H27N5/c1-12-6-10-21-15(11-12)18-19-16(21)14-3-2-9-20(14)13-4-7-17-8-5-13/h12-14,17H,2-11H2,1H3. The fraction of sp³-hybridized carbons (Fsp3) is 0.875. The topological polar surface area (TPSA) is 46.0 Å². The number of piperidine rings is 1. The summed E-state index contributed by atoms with van der Waals surface area (Å²) < 4.78 is 2.43. The van der Waals surface area contributed by atoms with E-state index in [0.29, 0.717) is 6.04 Å². The number of nitrogens with zero attached hydrogens (tertiary/aromatic N) is 4. The van der Waals surface area contributed by atoms with E-state index in [2.05, 4.69) is 31.9 Å². The van der Waals surface area contributed by atoms with Crippen LogP contribution in [0.4, 0.5) is 0 Å². The maximum Gasteiger partial charge on any atom is 0.150 e. The molecule has 116 valence electrons. The molecule has 0 amide bonds. The van der Waals surface area contributed by atoms with E-state index in [0.717, 1.165) is 24.9 Å². The van der Waals surface area contributed by atoms with Crippen molar-refractivity contribution in [3.63, 3.8) is 0 Å². The second kappa shape index (κ2) is 5.69. The minimum absolute atomic E-state index is 0.516. The summed E-state index contributed by atoms with van der Waals surface area (Å²) in [6.45, 7) is 7.03. The maximum atomic E-state index is 4.62. The lowest BCUT2D eigenvalue weighted by molar-refractivity contribution is 0.140. The molecule has 0 radical (unpaired) electrons. The Morgan fingerprint density at radius 1 is 1.05 bits per heavy atom. The van der Waals surface area contributed by atoms with E-state index in [1.165, 1.54) is 63.4 Å². The molecule has 3 aliphatic rings. The molecule has 0 spiro atoms. The Bertz CT molecular complexity index is 491. The van der Waals surface area contributed by atoms with Crippen LogP contribution in [0.15, 0.2) is 0 Å². The van der Waals surface area contributed by atoms with Crippen molar-refractivity contribution in [3.8, 4) is 0 Å². The molecule has 2 atom stereocenters. The van der Waals surface area contributed by atoms with Crippen molar-refractivity contribution >= 4 is 0 Å². The lowest BCUT2D eigenvalue weighted by Crippen LogP contribution is -2.43. The summed E-state index contributed by atoms with van der Waals surface area (Å²) in [5.74, 6) is 3.24. The van der Waals surface area contributed by atoms with Gasteiger partial charge in [-0.25, -0.2) is 0 Å². The molecule has 5 heteroatoms. The van der Waals surface area contributed by atoms with Crippen molar-refractivity contribution in [2.45, 2.75) is 64.1 Å². The molecule has 0 aliphatic carbocycles. The Morgan fingerprint density at radius 3 is 2.76 bits per heavy atom. The van der Waals surface area contributed by atoms with Crippen molar-refractivity contribution in [2.75, 3.05) is 19.6 Å². The molecule has 0 bridgehead atoms. The fourth-order valence-corrected chi connectivity index (χ4v) is 4.40. The minimum Gasteiger partial charge on any atom is -0.317 e. The second-order valence-electron chi connectivity index (χ2n) is 7.10. The van der Waals surface area contributed by atoms with Gasteiger partial charge in [-0.05, 0) is 57.7 Å². The Morgan fingerprint density at radius 2 is 1.90 bits per heavy atom. The summed E-state index contributed by atoms with van der Waals surface area (Å²) in [7, 11) is 0. The number of hydrogen-bond donors (Lipinski definition) is 1. The van der Waals surface area contributed by atoms with E-state index >= 15 is 0 Å². The van der Waals surface area contributed by atoms with Crippen molar-refractivity contribution < 1.29 is 0 Å². The Balaban J connectivity index is 1.57. The quantitative estimate of drug-likeness (QED) is 0.901. The highest BCUT2D eigenvalue weighted by Crippen LogP contribution is 2.36. The SMILES string of the molecule is CC1CCn2c(nnc2C2CCCN2C2CCNCC2)C1. The van der Waals surface area contributed by atoms with Gasteiger partial charge in [0, 0.05) is 19.0 Å². The van der Waals surface area contributed by atoms with E-state index in [-0.39, 0.29) is 0 Å². The van der Waals surface area contributed by atoms with Crippen molar-refractivity contribution in [3.05, 3.63) is 11.6 Å². The highest BCUT2D eigenvalue weighted by molar-refractivity contribution is 5.07. The summed E-state index contributed by atoms with van der Waals surface area (Å²) in [4.78, 5) is 2.73. The van der Waals surface area contributed by atoms with Crippen LogP contribution in [0.5, 0.6) is 0 Å². The molecule has 0 saturated carbocycles. The smallest absolute Gasteiger partial charge is 0.150 e. The van der Waals surface area contributed by atoms with Crippen LogP contribution in [0.1, 0.15) is 56.7 Å². The summed E-state index contributed by atoms with van der Waals surface area (Å²) >= 11 is 0. The molecule has 1 aromatic heterocycles. The van der Waals surface area contributed by atoms with Gasteiger partial charge in [-0.15, -0.1) is 10.2 Å². The zero-order valence-corrected chi connectivity index (χ0v) is 13.1. The second-order valence-corrected chi connectivity index (χ2v) is 7.10. The van der Waals surface area contributed by atoms with Gasteiger partial charge in [0.25, 0.3) is 0 Å². The lowest BCUT2D eigenvalue weighted by Gasteiger charge is -2.35. The normalized spacial score (nSPS) is 31.5. The van der Waals surface area contributed by atoms with Crippen LogP contribution >= 0.6 is 0 Å². The molecule has 1 N–H and O–H groups in total. The van der Waals surface area contributed by atoms with Crippen LogP contribution < -0.4 is 5.32 Å². The van der Waals surface area contributed by atoms with Gasteiger partial charge in [0.1, 0.15) is 11.6 Å². The Labute approximate surface area is 127 Å². The molecule has 3 aliphatic heterocycles. The molecule has 4 rings (SSSR count). The molecular weight excluding hydrogens is 262 g/mol. The highest BCUT2D eigenvalue weighted by atomic mass is 15.3. The predicted octanol–water partition coefficient (Wildman–Crippen LogP) is 1.75. The van der Waals surface area contributed by atoms with Gasteiger partial charge in [-0.2, -0.15) is 0 Å². The van der Waals surface area contributed by atoms with E-state index < -0.39 is 0 Å². The first-order valence-corrected chi connectivity index (χ1v) is 8.71. The van der Waals surface area contributed by atoms with Gasteiger partial charge in [-0.1, -0.05) is 6.92 Å². The Hall–Kier alpha value is -0.940. The van der Waals surface area contributed by atoms with Gasteiger partial charge in [0.15, 0.2) is 0 Å². The summed E-state index contributed by atoms with van der Waals surface area (Å²) in [5, 5.41) is 12.6.